The van der Waals surface area contributed by atoms with Gasteiger partial charge in [-0.2, -0.15) is 0 Å². The molecule has 0 saturated heterocycles. The summed E-state index contributed by atoms with van der Waals surface area (Å²) < 4.78 is -0.183. The summed E-state index contributed by atoms with van der Waals surface area (Å²) >= 11 is 24.2. The van der Waals surface area contributed by atoms with Gasteiger partial charge in [0.05, 0.1) is 0 Å². The molecule has 0 unspecified atom stereocenters. The molecule has 0 fully saturated rings. The fraction of sp³-hybridized carbons (Fsp3) is 0.250. The highest BCUT2D eigenvalue weighted by atomic mass is 80.0. The lowest BCUT2D eigenvalue weighted by molar-refractivity contribution is 0.299. The molecule has 1 N–H and O–H groups in total. The Kier molecular flexibility index (Phi) is 17.4. The first-order valence-corrected chi connectivity index (χ1v) is 16.1. The molecular formula is C16H17Br4Cl2OP. The Morgan fingerprint density at radius 2 is 1.08 bits per heavy atom. The van der Waals surface area contributed by atoms with Crippen molar-refractivity contribution in [1.82, 2.24) is 0 Å². The Labute approximate surface area is 187 Å². The Bertz CT molecular complexity index is 489. The molecule has 1 nitrogen and oxygen atoms in total. The van der Waals surface area contributed by atoms with Crippen LogP contribution in [0.3, 0.4) is 0 Å². The topological polar surface area (TPSA) is 20.2 Å². The molecule has 0 atom stereocenters. The molecule has 0 aliphatic carbocycles. The number of aliphatic hydroxyl groups excluding tert-OH is 1. The third-order valence-corrected chi connectivity index (χ3v) is 3.51. The number of rotatable bonds is 4. The van der Waals surface area contributed by atoms with Gasteiger partial charge in [-0.05, 0) is 94.7 Å². The number of alkyl halides is 1. The first kappa shape index (κ1) is 25.3. The number of hydrogen-bond donors (Lipinski definition) is 1. The van der Waals surface area contributed by atoms with E-state index in [2.05, 4.69) is 62.4 Å². The van der Waals surface area contributed by atoms with Crippen LogP contribution in [0.15, 0.2) is 48.5 Å². The zero-order chi connectivity index (χ0) is 18.4. The van der Waals surface area contributed by atoms with Gasteiger partial charge in [0, 0.05) is 22.0 Å². The molecule has 0 aliphatic heterocycles. The van der Waals surface area contributed by atoms with Crippen molar-refractivity contribution < 1.29 is 5.11 Å². The molecule has 0 heterocycles. The van der Waals surface area contributed by atoms with Gasteiger partial charge in [-0.1, -0.05) is 63.4 Å². The molecule has 2 aromatic carbocycles. The van der Waals surface area contributed by atoms with E-state index < -0.39 is 0 Å². The number of aliphatic hydroxyl groups is 1. The second-order valence-electron chi connectivity index (χ2n) is 4.36. The van der Waals surface area contributed by atoms with Crippen LogP contribution >= 0.6 is 89.6 Å². The summed E-state index contributed by atoms with van der Waals surface area (Å²) in [6, 6.07) is 15.4. The van der Waals surface area contributed by atoms with Crippen molar-refractivity contribution >= 4 is 89.6 Å². The molecule has 0 aromatic heterocycles. The molecule has 0 spiro atoms. The highest BCUT2D eigenvalue weighted by Gasteiger charge is 1.90. The summed E-state index contributed by atoms with van der Waals surface area (Å²) in [4.78, 5) is 0. The zero-order valence-electron chi connectivity index (χ0n) is 12.6. The lowest BCUT2D eigenvalue weighted by atomic mass is 10.2. The number of hydrogen-bond acceptors (Lipinski definition) is 1. The van der Waals surface area contributed by atoms with Crippen LogP contribution in [0.1, 0.15) is 11.1 Å². The molecule has 0 bridgehead atoms. The molecule has 2 rings (SSSR count). The van der Waals surface area contributed by atoms with Crippen molar-refractivity contribution in [1.29, 1.82) is 0 Å². The number of benzene rings is 2. The van der Waals surface area contributed by atoms with Crippen molar-refractivity contribution in [2.24, 2.45) is 0 Å². The Morgan fingerprint density at radius 3 is 1.38 bits per heavy atom. The zero-order valence-corrected chi connectivity index (χ0v) is 21.4. The lowest BCUT2D eigenvalue weighted by Gasteiger charge is -1.95. The maximum absolute atomic E-state index is 8.56. The van der Waals surface area contributed by atoms with Gasteiger partial charge < -0.3 is 5.11 Å². The molecule has 0 amide bonds. The minimum absolute atomic E-state index is 0.183. The maximum Gasteiger partial charge on any atom is 0.103 e. The van der Waals surface area contributed by atoms with E-state index in [4.69, 9.17) is 28.3 Å². The largest absolute Gasteiger partial charge is 0.396 e. The molecule has 24 heavy (non-hydrogen) atoms. The van der Waals surface area contributed by atoms with Crippen LogP contribution in [0.25, 0.3) is 0 Å². The van der Waals surface area contributed by atoms with Crippen molar-refractivity contribution in [2.45, 2.75) is 12.8 Å². The summed E-state index contributed by atoms with van der Waals surface area (Å²) in [6.07, 6.45) is 1.77. The van der Waals surface area contributed by atoms with Crippen LogP contribution in [0.4, 0.5) is 0 Å². The molecule has 0 saturated carbocycles. The van der Waals surface area contributed by atoms with Crippen LogP contribution in [-0.2, 0) is 12.8 Å². The molecule has 0 radical (unpaired) electrons. The average molecular weight is 647 g/mol. The number of aryl methyl sites for hydroxylation is 1. The second-order valence-corrected chi connectivity index (χ2v) is 21.4. The summed E-state index contributed by atoms with van der Waals surface area (Å²) in [5.41, 5.74) is 2.44. The summed E-state index contributed by atoms with van der Waals surface area (Å²) in [7, 11) is 0. The third-order valence-electron chi connectivity index (χ3n) is 2.61. The maximum atomic E-state index is 8.56. The SMILES string of the molecule is BrP(Br)Br.Clc1ccc(CCBr)cc1.OCCc1ccc(Cl)cc1. The van der Waals surface area contributed by atoms with E-state index in [-0.39, 0.29) is 10.6 Å². The van der Waals surface area contributed by atoms with Gasteiger partial charge in [-0.15, -0.1) is 0 Å². The van der Waals surface area contributed by atoms with Gasteiger partial charge in [0.2, 0.25) is 0 Å². The summed E-state index contributed by atoms with van der Waals surface area (Å²) in [6.45, 7) is 0.196. The fourth-order valence-electron chi connectivity index (χ4n) is 1.54. The number of halogens is 6. The highest BCUT2D eigenvalue weighted by molar-refractivity contribution is 9.93. The van der Waals surface area contributed by atoms with E-state index in [1.54, 1.807) is 0 Å². The van der Waals surface area contributed by atoms with Crippen molar-refractivity contribution in [3.05, 3.63) is 69.7 Å². The van der Waals surface area contributed by atoms with Crippen LogP contribution < -0.4 is 0 Å². The average Bonchev–Trinajstić information content (AvgIpc) is 2.53. The van der Waals surface area contributed by atoms with Crippen molar-refractivity contribution in [3.8, 4) is 0 Å². The van der Waals surface area contributed by atoms with Crippen LogP contribution in [0.5, 0.6) is 0 Å². The Hall–Kier alpha value is 1.33. The lowest BCUT2D eigenvalue weighted by Crippen LogP contribution is -1.88. The Balaban J connectivity index is 0.000000363. The van der Waals surface area contributed by atoms with Gasteiger partial charge in [0.25, 0.3) is 0 Å². The molecule has 134 valence electrons. The van der Waals surface area contributed by atoms with Crippen molar-refractivity contribution in [3.63, 3.8) is 0 Å². The first-order valence-electron chi connectivity index (χ1n) is 6.82. The van der Waals surface area contributed by atoms with Gasteiger partial charge >= 0.3 is 0 Å². The van der Waals surface area contributed by atoms with Crippen LogP contribution in [0, 0.1) is 0 Å². The normalized spacial score (nSPS) is 9.67. The summed E-state index contributed by atoms with van der Waals surface area (Å²) in [5.74, 6) is 0. The van der Waals surface area contributed by atoms with E-state index in [0.29, 0.717) is 6.42 Å². The van der Waals surface area contributed by atoms with Crippen molar-refractivity contribution in [2.75, 3.05) is 11.9 Å². The molecular weight excluding hydrogens is 630 g/mol. The minimum atomic E-state index is -0.183. The standard InChI is InChI=1S/C8H8BrCl.C8H9ClO.Br3P/c9-6-5-7-1-3-8(10)4-2-7;9-8-3-1-7(2-4-8)5-6-10;1-4(2)3/h1-4H,5-6H2;1-4,10H,5-6H2;. The van der Waals surface area contributed by atoms with E-state index in [0.717, 1.165) is 27.4 Å². The Morgan fingerprint density at radius 1 is 0.750 bits per heavy atom. The van der Waals surface area contributed by atoms with E-state index in [9.17, 15) is 0 Å². The second kappa shape index (κ2) is 16.5. The fourth-order valence-corrected chi connectivity index (χ4v) is 2.25. The monoisotopic (exact) mass is 642 g/mol. The first-order chi connectivity index (χ1) is 11.4. The third kappa shape index (κ3) is 15.6. The highest BCUT2D eigenvalue weighted by Crippen LogP contribution is 2.59. The van der Waals surface area contributed by atoms with E-state index in [1.165, 1.54) is 5.56 Å². The molecule has 2 aromatic rings. The van der Waals surface area contributed by atoms with E-state index >= 15 is 0 Å². The smallest absolute Gasteiger partial charge is 0.103 e. The minimum Gasteiger partial charge on any atom is -0.396 e. The van der Waals surface area contributed by atoms with Gasteiger partial charge in [-0.25, -0.2) is 0 Å². The van der Waals surface area contributed by atoms with Crippen LogP contribution in [-0.4, -0.2) is 17.0 Å². The predicted molar refractivity (Wildman–Crippen MR) is 125 cm³/mol. The summed E-state index contributed by atoms with van der Waals surface area (Å²) in [5, 5.41) is 11.1. The van der Waals surface area contributed by atoms with Crippen LogP contribution in [0.2, 0.25) is 10.0 Å². The van der Waals surface area contributed by atoms with Gasteiger partial charge in [0.1, 0.15) is 4.03 Å². The van der Waals surface area contributed by atoms with Gasteiger partial charge in [-0.3, -0.25) is 0 Å². The molecule has 8 heteroatoms. The van der Waals surface area contributed by atoms with Gasteiger partial charge in [0.15, 0.2) is 0 Å². The molecule has 0 aliphatic rings. The predicted octanol–water partition coefficient (Wildman–Crippen LogP) is 8.55. The quantitative estimate of drug-likeness (QED) is 0.261. The van der Waals surface area contributed by atoms with E-state index in [1.807, 2.05) is 48.5 Å².